The lowest BCUT2D eigenvalue weighted by Crippen LogP contribution is -1.94. The number of anilines is 1. The molecule has 68 valence electrons. The smallest absolute Gasteiger partial charge is 0.113 e. The molecule has 0 atom stereocenters. The number of rotatable bonds is 1. The molecule has 0 radical (unpaired) electrons. The first-order chi connectivity index (χ1) is 6.24. The fourth-order valence-electron chi connectivity index (χ4n) is 0.842. The standard InChI is InChI=1S/C10H11BrN2/c1-8-10(12)6-5-9(13-8)4-2-3-7-11/h5-6H,3,7,12H2,1H3. The van der Waals surface area contributed by atoms with Crippen LogP contribution in [0, 0.1) is 18.8 Å². The molecular formula is C10H11BrN2. The summed E-state index contributed by atoms with van der Waals surface area (Å²) in [5, 5.41) is 0.897. The predicted octanol–water partition coefficient (Wildman–Crippen LogP) is 2.11. The monoisotopic (exact) mass is 238 g/mol. The summed E-state index contributed by atoms with van der Waals surface area (Å²) in [7, 11) is 0. The van der Waals surface area contributed by atoms with Gasteiger partial charge >= 0.3 is 0 Å². The molecule has 13 heavy (non-hydrogen) atoms. The number of nitrogens with two attached hydrogens (primary N) is 1. The molecule has 0 spiro atoms. The summed E-state index contributed by atoms with van der Waals surface area (Å²) in [5.41, 5.74) is 7.96. The van der Waals surface area contributed by atoms with Crippen molar-refractivity contribution in [3.05, 3.63) is 23.5 Å². The lowest BCUT2D eigenvalue weighted by Gasteiger charge is -1.97. The average molecular weight is 239 g/mol. The van der Waals surface area contributed by atoms with Crippen LogP contribution in [-0.4, -0.2) is 10.3 Å². The van der Waals surface area contributed by atoms with E-state index in [1.807, 2.05) is 19.1 Å². The van der Waals surface area contributed by atoms with Gasteiger partial charge in [-0.25, -0.2) is 4.98 Å². The molecule has 0 aliphatic rings. The van der Waals surface area contributed by atoms with Gasteiger partial charge < -0.3 is 5.73 Å². The topological polar surface area (TPSA) is 38.9 Å². The van der Waals surface area contributed by atoms with E-state index in [0.717, 1.165) is 23.1 Å². The fourth-order valence-corrected chi connectivity index (χ4v) is 1.04. The highest BCUT2D eigenvalue weighted by Gasteiger charge is 1.94. The zero-order valence-corrected chi connectivity index (χ0v) is 9.06. The zero-order chi connectivity index (χ0) is 9.68. The molecule has 0 amide bonds. The normalized spacial score (nSPS) is 9.08. The zero-order valence-electron chi connectivity index (χ0n) is 7.47. The first-order valence-electron chi connectivity index (χ1n) is 4.02. The van der Waals surface area contributed by atoms with Crippen molar-refractivity contribution in [3.63, 3.8) is 0 Å². The molecule has 2 nitrogen and oxygen atoms in total. The maximum absolute atomic E-state index is 5.63. The predicted molar refractivity (Wildman–Crippen MR) is 58.7 cm³/mol. The van der Waals surface area contributed by atoms with Gasteiger partial charge in [-0.2, -0.15) is 0 Å². The largest absolute Gasteiger partial charge is 0.397 e. The molecule has 0 bridgehead atoms. The van der Waals surface area contributed by atoms with Gasteiger partial charge in [-0.05, 0) is 25.0 Å². The van der Waals surface area contributed by atoms with E-state index < -0.39 is 0 Å². The highest BCUT2D eigenvalue weighted by molar-refractivity contribution is 9.09. The molecular weight excluding hydrogens is 228 g/mol. The van der Waals surface area contributed by atoms with Crippen LogP contribution in [0.15, 0.2) is 12.1 Å². The number of halogens is 1. The van der Waals surface area contributed by atoms with Crippen molar-refractivity contribution in [1.29, 1.82) is 0 Å². The lowest BCUT2D eigenvalue weighted by atomic mass is 10.2. The Hall–Kier alpha value is -1.01. The Labute approximate surface area is 86.7 Å². The Kier molecular flexibility index (Phi) is 3.78. The molecule has 2 N–H and O–H groups in total. The quantitative estimate of drug-likeness (QED) is 0.602. The first-order valence-corrected chi connectivity index (χ1v) is 5.14. The van der Waals surface area contributed by atoms with E-state index >= 15 is 0 Å². The molecule has 1 aromatic heterocycles. The second kappa shape index (κ2) is 4.88. The molecule has 1 heterocycles. The summed E-state index contributed by atoms with van der Waals surface area (Å²) in [4.78, 5) is 4.23. The number of nitrogens with zero attached hydrogens (tertiary/aromatic N) is 1. The summed E-state index contributed by atoms with van der Waals surface area (Å²) >= 11 is 3.31. The Morgan fingerprint density at radius 1 is 1.54 bits per heavy atom. The third-order valence-electron chi connectivity index (χ3n) is 1.56. The van der Waals surface area contributed by atoms with Crippen LogP contribution < -0.4 is 5.73 Å². The molecule has 1 aromatic rings. The summed E-state index contributed by atoms with van der Waals surface area (Å²) in [5.74, 6) is 5.96. The van der Waals surface area contributed by atoms with Crippen molar-refractivity contribution in [2.24, 2.45) is 0 Å². The molecule has 0 fully saturated rings. The highest BCUT2D eigenvalue weighted by Crippen LogP contribution is 2.06. The maximum atomic E-state index is 5.63. The molecule has 0 aliphatic heterocycles. The Balaban J connectivity index is 2.81. The minimum absolute atomic E-state index is 0.714. The van der Waals surface area contributed by atoms with Crippen molar-refractivity contribution in [2.75, 3.05) is 11.1 Å². The van der Waals surface area contributed by atoms with Crippen LogP contribution in [0.5, 0.6) is 0 Å². The van der Waals surface area contributed by atoms with Gasteiger partial charge in [-0.3, -0.25) is 0 Å². The molecule has 0 saturated carbocycles. The average Bonchev–Trinajstić information content (AvgIpc) is 2.12. The Morgan fingerprint density at radius 3 is 2.92 bits per heavy atom. The number of pyridine rings is 1. The van der Waals surface area contributed by atoms with E-state index in [9.17, 15) is 0 Å². The van der Waals surface area contributed by atoms with Crippen molar-refractivity contribution in [1.82, 2.24) is 4.98 Å². The van der Waals surface area contributed by atoms with Crippen LogP contribution in [0.4, 0.5) is 5.69 Å². The Bertz CT molecular complexity index is 350. The van der Waals surface area contributed by atoms with Gasteiger partial charge in [-0.1, -0.05) is 21.9 Å². The molecule has 0 unspecified atom stereocenters. The Morgan fingerprint density at radius 2 is 2.31 bits per heavy atom. The molecule has 3 heteroatoms. The van der Waals surface area contributed by atoms with Crippen LogP contribution in [0.1, 0.15) is 17.8 Å². The molecule has 0 saturated heterocycles. The second-order valence-electron chi connectivity index (χ2n) is 2.61. The summed E-state index contributed by atoms with van der Waals surface area (Å²) < 4.78 is 0. The second-order valence-corrected chi connectivity index (χ2v) is 3.40. The summed E-state index contributed by atoms with van der Waals surface area (Å²) in [6.07, 6.45) is 0.838. The van der Waals surface area contributed by atoms with Gasteiger partial charge in [-0.15, -0.1) is 0 Å². The minimum atomic E-state index is 0.714. The van der Waals surface area contributed by atoms with E-state index in [4.69, 9.17) is 5.73 Å². The lowest BCUT2D eigenvalue weighted by molar-refractivity contribution is 1.18. The molecule has 0 aliphatic carbocycles. The minimum Gasteiger partial charge on any atom is -0.397 e. The van der Waals surface area contributed by atoms with Gasteiger partial charge in [0.05, 0.1) is 11.4 Å². The third kappa shape index (κ3) is 3.08. The van der Waals surface area contributed by atoms with Crippen LogP contribution in [-0.2, 0) is 0 Å². The third-order valence-corrected chi connectivity index (χ3v) is 1.96. The fraction of sp³-hybridized carbons (Fsp3) is 0.300. The number of hydrogen-bond acceptors (Lipinski definition) is 2. The van der Waals surface area contributed by atoms with E-state index in [-0.39, 0.29) is 0 Å². The number of alkyl halides is 1. The number of aromatic nitrogens is 1. The molecule has 1 rings (SSSR count). The van der Waals surface area contributed by atoms with Gasteiger partial charge in [0.1, 0.15) is 5.69 Å². The van der Waals surface area contributed by atoms with Crippen LogP contribution in [0.25, 0.3) is 0 Å². The molecule has 0 aromatic carbocycles. The van der Waals surface area contributed by atoms with Gasteiger partial charge in [0.25, 0.3) is 0 Å². The van der Waals surface area contributed by atoms with Crippen LogP contribution >= 0.6 is 15.9 Å². The highest BCUT2D eigenvalue weighted by atomic mass is 79.9. The summed E-state index contributed by atoms with van der Waals surface area (Å²) in [6, 6.07) is 3.67. The van der Waals surface area contributed by atoms with E-state index in [0.29, 0.717) is 5.69 Å². The first kappa shape index (κ1) is 10.1. The number of hydrogen-bond donors (Lipinski definition) is 1. The number of aryl methyl sites for hydroxylation is 1. The van der Waals surface area contributed by atoms with Crippen molar-refractivity contribution in [3.8, 4) is 11.8 Å². The van der Waals surface area contributed by atoms with E-state index in [1.54, 1.807) is 0 Å². The van der Waals surface area contributed by atoms with Gasteiger partial charge in [0, 0.05) is 11.8 Å². The van der Waals surface area contributed by atoms with Gasteiger partial charge in [0.15, 0.2) is 0 Å². The van der Waals surface area contributed by atoms with Crippen LogP contribution in [0.3, 0.4) is 0 Å². The van der Waals surface area contributed by atoms with Crippen LogP contribution in [0.2, 0.25) is 0 Å². The summed E-state index contributed by atoms with van der Waals surface area (Å²) in [6.45, 7) is 1.88. The van der Waals surface area contributed by atoms with Crippen molar-refractivity contribution >= 4 is 21.6 Å². The van der Waals surface area contributed by atoms with Crippen molar-refractivity contribution in [2.45, 2.75) is 13.3 Å². The maximum Gasteiger partial charge on any atom is 0.113 e. The van der Waals surface area contributed by atoms with Gasteiger partial charge in [0.2, 0.25) is 0 Å². The number of nitrogen functional groups attached to an aromatic ring is 1. The van der Waals surface area contributed by atoms with Crippen molar-refractivity contribution < 1.29 is 0 Å². The van der Waals surface area contributed by atoms with E-state index in [2.05, 4.69) is 32.8 Å². The SMILES string of the molecule is Cc1nc(C#CCCBr)ccc1N. The van der Waals surface area contributed by atoms with E-state index in [1.165, 1.54) is 0 Å².